The molecule has 0 bridgehead atoms. The van der Waals surface area contributed by atoms with E-state index in [0.29, 0.717) is 11.3 Å². The van der Waals surface area contributed by atoms with Gasteiger partial charge in [0.25, 0.3) is 0 Å². The minimum atomic E-state index is -0.0766. The Morgan fingerprint density at radius 2 is 2.19 bits per heavy atom. The van der Waals surface area contributed by atoms with Gasteiger partial charge in [0.2, 0.25) is 0 Å². The number of hydrogen-bond donors (Lipinski definition) is 1. The molecule has 21 heavy (non-hydrogen) atoms. The van der Waals surface area contributed by atoms with Gasteiger partial charge < -0.3 is 5.32 Å². The number of thioether (sulfide) groups is 1. The lowest BCUT2D eigenvalue weighted by molar-refractivity contribution is 0.202. The monoisotopic (exact) mass is 310 g/mol. The average molecular weight is 310 g/mol. The van der Waals surface area contributed by atoms with E-state index in [9.17, 15) is 4.39 Å². The molecule has 2 rings (SSSR count). The molecule has 2 atom stereocenters. The largest absolute Gasteiger partial charge is 0.313 e. The van der Waals surface area contributed by atoms with Crippen molar-refractivity contribution < 1.29 is 4.39 Å². The van der Waals surface area contributed by atoms with Gasteiger partial charge in [-0.1, -0.05) is 26.0 Å². The quantitative estimate of drug-likeness (QED) is 0.807. The minimum Gasteiger partial charge on any atom is -0.313 e. The number of halogens is 1. The second-order valence-electron chi connectivity index (χ2n) is 5.89. The standard InChI is InChI=1S/C17H27FN2S/c1-4-7-19-11-15-5-6-17(18)16(10-15)12-20-8-9-21-14(3)13(20)2/h5-6,10,13-14,19H,4,7-9,11-12H2,1-3H3. The molecule has 1 fully saturated rings. The SMILES string of the molecule is CCCNCc1ccc(F)c(CN2CCSC(C)C2C)c1. The summed E-state index contributed by atoms with van der Waals surface area (Å²) < 4.78 is 14.1. The Balaban J connectivity index is 2.02. The molecule has 0 amide bonds. The maximum Gasteiger partial charge on any atom is 0.127 e. The van der Waals surface area contributed by atoms with Crippen molar-refractivity contribution in [3.63, 3.8) is 0 Å². The van der Waals surface area contributed by atoms with Crippen molar-refractivity contribution in [3.05, 3.63) is 35.1 Å². The zero-order valence-corrected chi connectivity index (χ0v) is 14.2. The molecule has 0 spiro atoms. The number of nitrogens with zero attached hydrogens (tertiary/aromatic N) is 1. The van der Waals surface area contributed by atoms with Gasteiger partial charge in [-0.05, 0) is 31.5 Å². The van der Waals surface area contributed by atoms with Gasteiger partial charge in [-0.2, -0.15) is 11.8 Å². The van der Waals surface area contributed by atoms with Crippen LogP contribution in [-0.4, -0.2) is 35.0 Å². The van der Waals surface area contributed by atoms with Crippen molar-refractivity contribution in [1.29, 1.82) is 0 Å². The van der Waals surface area contributed by atoms with E-state index in [-0.39, 0.29) is 5.82 Å². The average Bonchev–Trinajstić information content (AvgIpc) is 2.47. The minimum absolute atomic E-state index is 0.0766. The van der Waals surface area contributed by atoms with Crippen LogP contribution in [0.3, 0.4) is 0 Å². The predicted molar refractivity (Wildman–Crippen MR) is 90.2 cm³/mol. The smallest absolute Gasteiger partial charge is 0.127 e. The summed E-state index contributed by atoms with van der Waals surface area (Å²) in [5.74, 6) is 1.07. The van der Waals surface area contributed by atoms with E-state index in [1.54, 1.807) is 6.07 Å². The molecule has 1 aromatic rings. The fraction of sp³-hybridized carbons (Fsp3) is 0.647. The van der Waals surface area contributed by atoms with Crippen LogP contribution in [0.2, 0.25) is 0 Å². The Morgan fingerprint density at radius 3 is 2.95 bits per heavy atom. The lowest BCUT2D eigenvalue weighted by atomic mass is 10.1. The molecule has 0 saturated carbocycles. The molecular formula is C17H27FN2S. The van der Waals surface area contributed by atoms with Gasteiger partial charge in [0.05, 0.1) is 0 Å². The lowest BCUT2D eigenvalue weighted by Gasteiger charge is -2.37. The van der Waals surface area contributed by atoms with Crippen LogP contribution in [0, 0.1) is 5.82 Å². The van der Waals surface area contributed by atoms with Gasteiger partial charge in [0.1, 0.15) is 5.82 Å². The van der Waals surface area contributed by atoms with Crippen molar-refractivity contribution in [3.8, 4) is 0 Å². The summed E-state index contributed by atoms with van der Waals surface area (Å²) in [4.78, 5) is 2.41. The fourth-order valence-electron chi connectivity index (χ4n) is 2.71. The maximum atomic E-state index is 14.1. The second kappa shape index (κ2) is 8.16. The van der Waals surface area contributed by atoms with Crippen LogP contribution >= 0.6 is 11.8 Å². The molecule has 1 N–H and O–H groups in total. The highest BCUT2D eigenvalue weighted by Gasteiger charge is 2.25. The van der Waals surface area contributed by atoms with Crippen molar-refractivity contribution in [2.75, 3.05) is 18.8 Å². The molecule has 1 aliphatic rings. The molecule has 118 valence electrons. The van der Waals surface area contributed by atoms with Crippen molar-refractivity contribution in [1.82, 2.24) is 10.2 Å². The lowest BCUT2D eigenvalue weighted by Crippen LogP contribution is -2.44. The summed E-state index contributed by atoms with van der Waals surface area (Å²) in [5, 5.41) is 4.00. The van der Waals surface area contributed by atoms with Crippen LogP contribution in [0.15, 0.2) is 18.2 Å². The third-order valence-corrected chi connectivity index (χ3v) is 5.59. The highest BCUT2D eigenvalue weighted by atomic mass is 32.2. The third-order valence-electron chi connectivity index (χ3n) is 4.25. The van der Waals surface area contributed by atoms with Crippen LogP contribution in [0.4, 0.5) is 4.39 Å². The molecule has 0 aliphatic carbocycles. The number of benzene rings is 1. The summed E-state index contributed by atoms with van der Waals surface area (Å²) in [6.07, 6.45) is 1.12. The summed E-state index contributed by atoms with van der Waals surface area (Å²) in [7, 11) is 0. The molecule has 2 unspecified atom stereocenters. The summed E-state index contributed by atoms with van der Waals surface area (Å²) in [5.41, 5.74) is 2.00. The second-order valence-corrected chi connectivity index (χ2v) is 7.37. The summed E-state index contributed by atoms with van der Waals surface area (Å²) in [6.45, 7) is 10.3. The van der Waals surface area contributed by atoms with E-state index in [2.05, 4.69) is 31.0 Å². The Kier molecular flexibility index (Phi) is 6.52. The van der Waals surface area contributed by atoms with Crippen molar-refractivity contribution in [2.45, 2.75) is 51.6 Å². The number of nitrogens with one attached hydrogen (secondary N) is 1. The van der Waals surface area contributed by atoms with Crippen molar-refractivity contribution >= 4 is 11.8 Å². The summed E-state index contributed by atoms with van der Waals surface area (Å²) in [6, 6.07) is 6.03. The Labute approximate surface area is 132 Å². The zero-order chi connectivity index (χ0) is 15.2. The maximum absolute atomic E-state index is 14.1. The van der Waals surface area contributed by atoms with Crippen LogP contribution in [0.25, 0.3) is 0 Å². The van der Waals surface area contributed by atoms with Crippen LogP contribution in [0.1, 0.15) is 38.3 Å². The summed E-state index contributed by atoms with van der Waals surface area (Å²) >= 11 is 2.02. The first-order valence-corrected chi connectivity index (χ1v) is 9.00. The molecule has 1 aromatic carbocycles. The molecule has 1 heterocycles. The molecule has 4 heteroatoms. The third kappa shape index (κ3) is 4.70. The van der Waals surface area contributed by atoms with Crippen LogP contribution in [-0.2, 0) is 13.1 Å². The molecule has 1 aliphatic heterocycles. The van der Waals surface area contributed by atoms with Crippen molar-refractivity contribution in [2.24, 2.45) is 0 Å². The Hall–Kier alpha value is -0.580. The van der Waals surface area contributed by atoms with Gasteiger partial charge in [-0.3, -0.25) is 4.90 Å². The Morgan fingerprint density at radius 1 is 1.38 bits per heavy atom. The molecule has 2 nitrogen and oxygen atoms in total. The van der Waals surface area contributed by atoms with Gasteiger partial charge in [-0.15, -0.1) is 0 Å². The first-order valence-electron chi connectivity index (χ1n) is 7.95. The van der Waals surface area contributed by atoms with E-state index in [0.717, 1.165) is 43.9 Å². The first kappa shape index (κ1) is 16.8. The van der Waals surface area contributed by atoms with Gasteiger partial charge in [0, 0.05) is 42.2 Å². The van der Waals surface area contributed by atoms with E-state index in [1.807, 2.05) is 23.9 Å². The topological polar surface area (TPSA) is 15.3 Å². The van der Waals surface area contributed by atoms with E-state index in [1.165, 1.54) is 5.56 Å². The highest BCUT2D eigenvalue weighted by Crippen LogP contribution is 2.26. The molecule has 0 aromatic heterocycles. The zero-order valence-electron chi connectivity index (χ0n) is 13.4. The van der Waals surface area contributed by atoms with E-state index in [4.69, 9.17) is 0 Å². The Bertz CT molecular complexity index is 452. The highest BCUT2D eigenvalue weighted by molar-refractivity contribution is 8.00. The molecular weight excluding hydrogens is 283 g/mol. The van der Waals surface area contributed by atoms with Gasteiger partial charge in [-0.25, -0.2) is 4.39 Å². The number of rotatable bonds is 6. The normalized spacial score (nSPS) is 23.4. The fourth-order valence-corrected chi connectivity index (χ4v) is 3.87. The van der Waals surface area contributed by atoms with E-state index < -0.39 is 0 Å². The van der Waals surface area contributed by atoms with Gasteiger partial charge in [0.15, 0.2) is 0 Å². The van der Waals surface area contributed by atoms with Gasteiger partial charge >= 0.3 is 0 Å². The van der Waals surface area contributed by atoms with Crippen LogP contribution < -0.4 is 5.32 Å². The predicted octanol–water partition coefficient (Wildman–Crippen LogP) is 3.65. The first-order chi connectivity index (χ1) is 10.1. The number of hydrogen-bond acceptors (Lipinski definition) is 3. The van der Waals surface area contributed by atoms with E-state index >= 15 is 0 Å². The molecule has 1 saturated heterocycles. The molecule has 0 radical (unpaired) electrons. The van der Waals surface area contributed by atoms with Crippen LogP contribution in [0.5, 0.6) is 0 Å².